The second-order valence-electron chi connectivity index (χ2n) is 4.89. The number of carbonyl (C=O) groups excluding carboxylic acids is 2. The zero-order valence-electron chi connectivity index (χ0n) is 12.2. The van der Waals surface area contributed by atoms with Crippen molar-refractivity contribution >= 4 is 22.0 Å². The predicted octanol–water partition coefficient (Wildman–Crippen LogP) is 2.37. The highest BCUT2D eigenvalue weighted by Crippen LogP contribution is 2.27. The van der Waals surface area contributed by atoms with Crippen molar-refractivity contribution in [3.63, 3.8) is 0 Å². The van der Waals surface area contributed by atoms with E-state index >= 15 is 0 Å². The average molecular weight is 334 g/mol. The van der Waals surface area contributed by atoms with E-state index in [2.05, 4.69) is 0 Å². The largest absolute Gasteiger partial charge is 0.394 e. The molecule has 0 fully saturated rings. The van der Waals surface area contributed by atoms with Gasteiger partial charge in [0.2, 0.25) is 0 Å². The number of rotatable bonds is 1. The summed E-state index contributed by atoms with van der Waals surface area (Å²) in [6.45, 7) is 2.03. The minimum atomic E-state index is -4.67. The third kappa shape index (κ3) is 3.89. The highest BCUT2D eigenvalue weighted by atomic mass is 32.3. The summed E-state index contributed by atoms with van der Waals surface area (Å²) < 4.78 is 31.6. The van der Waals surface area contributed by atoms with Crippen LogP contribution in [-0.4, -0.2) is 29.1 Å². The molecule has 2 aromatic rings. The van der Waals surface area contributed by atoms with E-state index in [-0.39, 0.29) is 11.6 Å². The molecule has 0 bridgehead atoms. The van der Waals surface area contributed by atoms with Crippen LogP contribution >= 0.6 is 0 Å². The molecule has 0 spiro atoms. The van der Waals surface area contributed by atoms with Gasteiger partial charge in [-0.25, -0.2) is 0 Å². The highest BCUT2D eigenvalue weighted by molar-refractivity contribution is 7.79. The smallest absolute Gasteiger partial charge is 0.289 e. The molecular weight excluding hydrogens is 320 g/mol. The van der Waals surface area contributed by atoms with Gasteiger partial charge in [0.15, 0.2) is 11.6 Å². The summed E-state index contributed by atoms with van der Waals surface area (Å²) in [6.07, 6.45) is 0.858. The number of hydrogen-bond acceptors (Lipinski definition) is 4. The van der Waals surface area contributed by atoms with E-state index in [0.29, 0.717) is 22.3 Å². The van der Waals surface area contributed by atoms with Gasteiger partial charge in [0.1, 0.15) is 0 Å². The average Bonchev–Trinajstić information content (AvgIpc) is 2.50. The molecule has 1 aliphatic rings. The molecule has 0 aliphatic heterocycles. The van der Waals surface area contributed by atoms with Gasteiger partial charge < -0.3 is 0 Å². The number of ketones is 2. The van der Waals surface area contributed by atoms with E-state index in [1.165, 1.54) is 0 Å². The van der Waals surface area contributed by atoms with E-state index < -0.39 is 10.4 Å². The second kappa shape index (κ2) is 6.41. The summed E-state index contributed by atoms with van der Waals surface area (Å²) in [5.41, 5.74) is 3.17. The number of hydrogen-bond donors (Lipinski definition) is 2. The van der Waals surface area contributed by atoms with Crippen LogP contribution in [0, 0.1) is 0 Å². The first kappa shape index (κ1) is 17.0. The Morgan fingerprint density at radius 3 is 1.74 bits per heavy atom. The lowest BCUT2D eigenvalue weighted by atomic mass is 9.83. The Morgan fingerprint density at radius 2 is 1.26 bits per heavy atom. The number of fused-ring (bicyclic) bond motifs is 2. The topological polar surface area (TPSA) is 109 Å². The van der Waals surface area contributed by atoms with Gasteiger partial charge in [-0.15, -0.1) is 0 Å². The zero-order chi connectivity index (χ0) is 17.2. The molecule has 23 heavy (non-hydrogen) atoms. The minimum Gasteiger partial charge on any atom is -0.289 e. The van der Waals surface area contributed by atoms with Gasteiger partial charge in [-0.1, -0.05) is 43.3 Å². The predicted molar refractivity (Wildman–Crippen MR) is 83.3 cm³/mol. The quantitative estimate of drug-likeness (QED) is 0.661. The first-order valence-corrected chi connectivity index (χ1v) is 8.13. The molecule has 7 heteroatoms. The Hall–Kier alpha value is -2.35. The number of carbonyl (C=O) groups is 2. The fourth-order valence-corrected chi connectivity index (χ4v) is 2.37. The SMILES string of the molecule is CCc1ccc2c(c1)C(=O)c1ccccc1C2=O.O=S(=O)(O)O. The Bertz CT molecular complexity index is 875. The molecule has 0 unspecified atom stereocenters. The molecule has 0 heterocycles. The van der Waals surface area contributed by atoms with Crippen molar-refractivity contribution in [2.45, 2.75) is 13.3 Å². The van der Waals surface area contributed by atoms with Gasteiger partial charge >= 0.3 is 10.4 Å². The molecule has 3 rings (SSSR count). The Morgan fingerprint density at radius 1 is 0.826 bits per heavy atom. The minimum absolute atomic E-state index is 0.0458. The molecule has 0 aromatic heterocycles. The summed E-state index contributed by atoms with van der Waals surface area (Å²) in [5, 5.41) is 0. The highest BCUT2D eigenvalue weighted by Gasteiger charge is 2.28. The van der Waals surface area contributed by atoms with Crippen LogP contribution in [0.15, 0.2) is 42.5 Å². The first-order chi connectivity index (χ1) is 10.7. The molecule has 0 radical (unpaired) electrons. The van der Waals surface area contributed by atoms with E-state index in [1.54, 1.807) is 30.3 Å². The summed E-state index contributed by atoms with van der Waals surface area (Å²) in [4.78, 5) is 24.7. The van der Waals surface area contributed by atoms with Crippen molar-refractivity contribution in [3.05, 3.63) is 70.3 Å². The van der Waals surface area contributed by atoms with Gasteiger partial charge in [0.25, 0.3) is 0 Å². The fraction of sp³-hybridized carbons (Fsp3) is 0.125. The molecule has 0 saturated carbocycles. The molecule has 0 atom stereocenters. The third-order valence-electron chi connectivity index (χ3n) is 3.40. The maximum absolute atomic E-state index is 12.4. The second-order valence-corrected chi connectivity index (χ2v) is 5.78. The van der Waals surface area contributed by atoms with Crippen LogP contribution in [0.1, 0.15) is 44.3 Å². The molecule has 2 N–H and O–H groups in total. The van der Waals surface area contributed by atoms with Crippen molar-refractivity contribution in [1.29, 1.82) is 0 Å². The van der Waals surface area contributed by atoms with Crippen LogP contribution in [-0.2, 0) is 16.8 Å². The zero-order valence-corrected chi connectivity index (χ0v) is 13.0. The molecule has 0 amide bonds. The molecule has 0 saturated heterocycles. The van der Waals surface area contributed by atoms with E-state index in [0.717, 1.165) is 12.0 Å². The van der Waals surface area contributed by atoms with Crippen molar-refractivity contribution in [2.75, 3.05) is 0 Å². The van der Waals surface area contributed by atoms with Crippen LogP contribution in [0.4, 0.5) is 0 Å². The lowest BCUT2D eigenvalue weighted by Crippen LogP contribution is -2.20. The van der Waals surface area contributed by atoms with Gasteiger partial charge in [-0.2, -0.15) is 8.42 Å². The fourth-order valence-electron chi connectivity index (χ4n) is 2.37. The standard InChI is InChI=1S/C16H12O2.H2O4S/c1-2-10-7-8-13-14(9-10)16(18)12-6-4-3-5-11(12)15(13)17;1-5(2,3)4/h3-9H,2H2,1H3;(H2,1,2,3,4). The lowest BCUT2D eigenvalue weighted by molar-refractivity contribution is 0.0979. The maximum Gasteiger partial charge on any atom is 0.394 e. The summed E-state index contributed by atoms with van der Waals surface area (Å²) in [6, 6.07) is 12.5. The molecule has 6 nitrogen and oxygen atoms in total. The molecular formula is C16H14O6S. The Balaban J connectivity index is 0.000000338. The van der Waals surface area contributed by atoms with Gasteiger partial charge in [0, 0.05) is 22.3 Å². The number of benzene rings is 2. The summed E-state index contributed by atoms with van der Waals surface area (Å²) in [7, 11) is -4.67. The van der Waals surface area contributed by atoms with Crippen LogP contribution < -0.4 is 0 Å². The summed E-state index contributed by atoms with van der Waals surface area (Å²) in [5.74, 6) is -0.0987. The summed E-state index contributed by atoms with van der Waals surface area (Å²) >= 11 is 0. The van der Waals surface area contributed by atoms with Crippen LogP contribution in [0.3, 0.4) is 0 Å². The van der Waals surface area contributed by atoms with Crippen molar-refractivity contribution in [3.8, 4) is 0 Å². The maximum atomic E-state index is 12.4. The molecule has 120 valence electrons. The third-order valence-corrected chi connectivity index (χ3v) is 3.40. The van der Waals surface area contributed by atoms with Crippen molar-refractivity contribution < 1.29 is 27.1 Å². The lowest BCUT2D eigenvalue weighted by Gasteiger charge is -2.17. The van der Waals surface area contributed by atoms with Gasteiger partial charge in [0.05, 0.1) is 0 Å². The molecule has 2 aromatic carbocycles. The van der Waals surface area contributed by atoms with Crippen LogP contribution in [0.25, 0.3) is 0 Å². The van der Waals surface area contributed by atoms with Crippen LogP contribution in [0.5, 0.6) is 0 Å². The van der Waals surface area contributed by atoms with Crippen molar-refractivity contribution in [2.24, 2.45) is 0 Å². The van der Waals surface area contributed by atoms with Gasteiger partial charge in [-0.05, 0) is 18.1 Å². The Kier molecular flexibility index (Phi) is 4.74. The van der Waals surface area contributed by atoms with Crippen molar-refractivity contribution in [1.82, 2.24) is 0 Å². The van der Waals surface area contributed by atoms with E-state index in [9.17, 15) is 9.59 Å². The van der Waals surface area contributed by atoms with Crippen LogP contribution in [0.2, 0.25) is 0 Å². The number of aryl methyl sites for hydroxylation is 1. The Labute approximate surface area is 133 Å². The molecule has 1 aliphatic carbocycles. The van der Waals surface area contributed by atoms with Gasteiger partial charge in [-0.3, -0.25) is 18.7 Å². The first-order valence-electron chi connectivity index (χ1n) is 6.73. The van der Waals surface area contributed by atoms with E-state index in [4.69, 9.17) is 17.5 Å². The van der Waals surface area contributed by atoms with E-state index in [1.807, 2.05) is 19.1 Å². The normalized spacial score (nSPS) is 12.8. The monoisotopic (exact) mass is 334 g/mol.